The average Bonchev–Trinajstić information content (AvgIpc) is 2.52. The molecule has 4 nitrogen and oxygen atoms in total. The Bertz CT molecular complexity index is 402. The highest BCUT2D eigenvalue weighted by molar-refractivity contribution is 7.89. The minimum absolute atomic E-state index is 0.0573. The van der Waals surface area contributed by atoms with E-state index in [4.69, 9.17) is 0 Å². The second-order valence-electron chi connectivity index (χ2n) is 5.06. The summed E-state index contributed by atoms with van der Waals surface area (Å²) in [6.45, 7) is 3.92. The molecule has 0 aromatic rings. The summed E-state index contributed by atoms with van der Waals surface area (Å²) in [5.74, 6) is 0.300. The van der Waals surface area contributed by atoms with Crippen LogP contribution in [0.4, 0.5) is 0 Å². The van der Waals surface area contributed by atoms with Crippen molar-refractivity contribution in [3.63, 3.8) is 0 Å². The highest BCUT2D eigenvalue weighted by atomic mass is 32.2. The van der Waals surface area contributed by atoms with Gasteiger partial charge in [-0.1, -0.05) is 13.8 Å². The normalized spacial score (nSPS) is 44.9. The summed E-state index contributed by atoms with van der Waals surface area (Å²) in [6.07, 6.45) is 2.89. The molecule has 0 aromatic heterocycles. The first-order valence-electron chi connectivity index (χ1n) is 4.71. The first-order chi connectivity index (χ1) is 6.19. The average molecular weight is 217 g/mol. The zero-order valence-corrected chi connectivity index (χ0v) is 9.44. The lowest BCUT2D eigenvalue weighted by atomic mass is 9.61. The van der Waals surface area contributed by atoms with Gasteiger partial charge in [-0.25, -0.2) is 8.42 Å². The third-order valence-corrected chi connectivity index (χ3v) is 4.66. The fourth-order valence-corrected chi connectivity index (χ4v) is 3.22. The third-order valence-electron chi connectivity index (χ3n) is 4.11. The van der Waals surface area contributed by atoms with Gasteiger partial charge in [-0.15, -0.1) is 0 Å². The van der Waals surface area contributed by atoms with Gasteiger partial charge < -0.3 is 0 Å². The van der Waals surface area contributed by atoms with Crippen molar-refractivity contribution in [1.29, 1.82) is 0 Å². The maximum atomic E-state index is 11.7. The Balaban J connectivity index is 2.13. The molecule has 14 heavy (non-hydrogen) atoms. The minimum atomic E-state index is -3.41. The predicted molar refractivity (Wildman–Crippen MR) is 51.9 cm³/mol. The van der Waals surface area contributed by atoms with Crippen LogP contribution in [-0.4, -0.2) is 20.6 Å². The summed E-state index contributed by atoms with van der Waals surface area (Å²) >= 11 is 0. The van der Waals surface area contributed by atoms with Crippen molar-refractivity contribution in [2.24, 2.45) is 16.7 Å². The van der Waals surface area contributed by atoms with Crippen LogP contribution in [-0.2, 0) is 14.8 Å². The Morgan fingerprint density at radius 3 is 2.21 bits per heavy atom. The van der Waals surface area contributed by atoms with E-state index in [0.717, 1.165) is 19.1 Å². The molecule has 3 atom stereocenters. The maximum absolute atomic E-state index is 11.7. The number of carbonyl (C=O) groups is 1. The molecule has 80 valence electrons. The van der Waals surface area contributed by atoms with Crippen LogP contribution in [0.15, 0.2) is 0 Å². The smallest absolute Gasteiger partial charge is 0.239 e. The van der Waals surface area contributed by atoms with E-state index in [2.05, 4.69) is 11.6 Å². The van der Waals surface area contributed by atoms with Crippen LogP contribution in [0.25, 0.3) is 0 Å². The second-order valence-corrected chi connectivity index (χ2v) is 6.81. The van der Waals surface area contributed by atoms with E-state index >= 15 is 0 Å². The van der Waals surface area contributed by atoms with Crippen LogP contribution in [0, 0.1) is 16.7 Å². The lowest BCUT2D eigenvalue weighted by Crippen LogP contribution is -2.51. The van der Waals surface area contributed by atoms with Crippen molar-refractivity contribution in [2.75, 3.05) is 6.26 Å². The summed E-state index contributed by atoms with van der Waals surface area (Å²) < 4.78 is 23.9. The van der Waals surface area contributed by atoms with Gasteiger partial charge in [-0.3, -0.25) is 9.52 Å². The molecular formula is C9H15NO3S. The number of rotatable bonds is 2. The van der Waals surface area contributed by atoms with Gasteiger partial charge >= 0.3 is 0 Å². The van der Waals surface area contributed by atoms with Crippen molar-refractivity contribution in [2.45, 2.75) is 26.7 Å². The van der Waals surface area contributed by atoms with E-state index in [-0.39, 0.29) is 11.3 Å². The Morgan fingerprint density at radius 2 is 1.93 bits per heavy atom. The molecule has 0 radical (unpaired) electrons. The number of hydrogen-bond donors (Lipinski definition) is 1. The van der Waals surface area contributed by atoms with Gasteiger partial charge in [0.25, 0.3) is 0 Å². The summed E-state index contributed by atoms with van der Waals surface area (Å²) in [6, 6.07) is 0. The number of carbonyl (C=O) groups excluding carboxylic acids is 1. The molecule has 1 amide bonds. The second kappa shape index (κ2) is 2.32. The number of fused-ring (bicyclic) bond motifs is 1. The van der Waals surface area contributed by atoms with Crippen molar-refractivity contribution in [3.8, 4) is 0 Å². The number of nitrogens with one attached hydrogen (secondary N) is 1. The molecule has 5 heteroatoms. The molecule has 2 saturated carbocycles. The molecule has 0 aromatic carbocycles. The van der Waals surface area contributed by atoms with E-state index in [1.807, 2.05) is 6.92 Å². The lowest BCUT2D eigenvalue weighted by molar-refractivity contribution is -0.138. The third kappa shape index (κ3) is 1.11. The van der Waals surface area contributed by atoms with E-state index in [1.54, 1.807) is 0 Å². The van der Waals surface area contributed by atoms with Crippen molar-refractivity contribution >= 4 is 15.9 Å². The summed E-state index contributed by atoms with van der Waals surface area (Å²) in [4.78, 5) is 11.7. The van der Waals surface area contributed by atoms with Gasteiger partial charge in [0.1, 0.15) is 0 Å². The van der Waals surface area contributed by atoms with Crippen molar-refractivity contribution in [1.82, 2.24) is 4.72 Å². The van der Waals surface area contributed by atoms with E-state index in [1.165, 1.54) is 0 Å². The maximum Gasteiger partial charge on any atom is 0.239 e. The van der Waals surface area contributed by atoms with Crippen LogP contribution >= 0.6 is 0 Å². The predicted octanol–water partition coefficient (Wildman–Crippen LogP) is 0.498. The van der Waals surface area contributed by atoms with Gasteiger partial charge in [0.2, 0.25) is 15.9 Å². The van der Waals surface area contributed by atoms with E-state index < -0.39 is 15.4 Å². The molecule has 3 unspecified atom stereocenters. The molecule has 0 bridgehead atoms. The zero-order chi connectivity index (χ0) is 10.8. The summed E-state index contributed by atoms with van der Waals surface area (Å²) in [5.41, 5.74) is -0.414. The molecule has 0 heterocycles. The topological polar surface area (TPSA) is 63.2 Å². The van der Waals surface area contributed by atoms with Crippen LogP contribution in [0.2, 0.25) is 0 Å². The van der Waals surface area contributed by atoms with Crippen molar-refractivity contribution in [3.05, 3.63) is 0 Å². The molecule has 0 saturated heterocycles. The highest BCUT2D eigenvalue weighted by Crippen LogP contribution is 2.77. The Hall–Kier alpha value is -0.580. The molecule has 2 aliphatic rings. The van der Waals surface area contributed by atoms with Crippen molar-refractivity contribution < 1.29 is 13.2 Å². The zero-order valence-electron chi connectivity index (χ0n) is 8.62. The number of hydrogen-bond acceptors (Lipinski definition) is 3. The Labute approximate surface area is 84.1 Å². The largest absolute Gasteiger partial charge is 0.273 e. The summed E-state index contributed by atoms with van der Waals surface area (Å²) in [7, 11) is -3.41. The molecule has 0 spiro atoms. The fraction of sp³-hybridized carbons (Fsp3) is 0.889. The Kier molecular flexibility index (Phi) is 1.65. The van der Waals surface area contributed by atoms with Crippen LogP contribution < -0.4 is 4.72 Å². The van der Waals surface area contributed by atoms with Gasteiger partial charge in [-0.05, 0) is 24.2 Å². The fourth-order valence-electron chi connectivity index (χ4n) is 2.65. The van der Waals surface area contributed by atoms with Crippen LogP contribution in [0.5, 0.6) is 0 Å². The SMILES string of the molecule is CC1(C(=O)NS(C)(=O)=O)CC2CC21C. The van der Waals surface area contributed by atoms with Crippen LogP contribution in [0.1, 0.15) is 26.7 Å². The molecule has 2 aliphatic carbocycles. The molecular weight excluding hydrogens is 202 g/mol. The van der Waals surface area contributed by atoms with Gasteiger partial charge in [0, 0.05) is 0 Å². The van der Waals surface area contributed by atoms with Gasteiger partial charge in [-0.2, -0.15) is 0 Å². The summed E-state index contributed by atoms with van der Waals surface area (Å²) in [5, 5.41) is 0. The minimum Gasteiger partial charge on any atom is -0.273 e. The van der Waals surface area contributed by atoms with Gasteiger partial charge in [0.15, 0.2) is 0 Å². The van der Waals surface area contributed by atoms with E-state index in [0.29, 0.717) is 5.92 Å². The number of sulfonamides is 1. The Morgan fingerprint density at radius 1 is 1.36 bits per heavy atom. The lowest BCUT2D eigenvalue weighted by Gasteiger charge is -2.43. The highest BCUT2D eigenvalue weighted by Gasteiger charge is 2.74. The molecule has 2 fully saturated rings. The molecule has 1 N–H and O–H groups in total. The first-order valence-corrected chi connectivity index (χ1v) is 6.60. The monoisotopic (exact) mass is 217 g/mol. The van der Waals surface area contributed by atoms with E-state index in [9.17, 15) is 13.2 Å². The standard InChI is InChI=1S/C9H15NO3S/c1-8-4-6(8)5-9(8,2)7(11)10-14(3,12)13/h6H,4-5H2,1-3H3,(H,10,11). The molecule has 0 aliphatic heterocycles. The molecule has 2 rings (SSSR count). The number of amides is 1. The van der Waals surface area contributed by atoms with Crippen LogP contribution in [0.3, 0.4) is 0 Å². The van der Waals surface area contributed by atoms with Gasteiger partial charge in [0.05, 0.1) is 11.7 Å². The first kappa shape index (κ1) is 9.96. The quantitative estimate of drug-likeness (QED) is 0.732.